The third-order valence-electron chi connectivity index (χ3n) is 2.06. The van der Waals surface area contributed by atoms with E-state index in [9.17, 15) is 4.79 Å². The summed E-state index contributed by atoms with van der Waals surface area (Å²) < 4.78 is 0. The number of hydrogen-bond donors (Lipinski definition) is 3. The van der Waals surface area contributed by atoms with Crippen molar-refractivity contribution in [2.75, 3.05) is 0 Å². The standard InChI is InChI=1S/C6H11NO3/c7-6(5(9)10)3-1-2-4(6)8/h4,8H,1-3,7H2,(H,9,10)/t4?,6-/m1/s1. The molecule has 0 heterocycles. The quantitative estimate of drug-likeness (QED) is 0.456. The first-order chi connectivity index (χ1) is 4.57. The summed E-state index contributed by atoms with van der Waals surface area (Å²) in [4.78, 5) is 10.4. The highest BCUT2D eigenvalue weighted by atomic mass is 16.4. The lowest BCUT2D eigenvalue weighted by molar-refractivity contribution is -0.146. The highest BCUT2D eigenvalue weighted by molar-refractivity contribution is 5.79. The fourth-order valence-corrected chi connectivity index (χ4v) is 1.26. The normalized spacial score (nSPS) is 40.0. The fraction of sp³-hybridized carbons (Fsp3) is 0.833. The van der Waals surface area contributed by atoms with Crippen LogP contribution in [0.4, 0.5) is 0 Å². The molecule has 4 N–H and O–H groups in total. The van der Waals surface area contributed by atoms with Crippen LogP contribution in [0.1, 0.15) is 19.3 Å². The van der Waals surface area contributed by atoms with Crippen LogP contribution in [0.15, 0.2) is 0 Å². The van der Waals surface area contributed by atoms with Gasteiger partial charge < -0.3 is 15.9 Å². The average molecular weight is 145 g/mol. The minimum Gasteiger partial charge on any atom is -0.480 e. The summed E-state index contributed by atoms with van der Waals surface area (Å²) >= 11 is 0. The number of hydrogen-bond acceptors (Lipinski definition) is 3. The number of aliphatic hydroxyl groups excluding tert-OH is 1. The van der Waals surface area contributed by atoms with E-state index in [1.165, 1.54) is 0 Å². The van der Waals surface area contributed by atoms with Gasteiger partial charge in [0, 0.05) is 0 Å². The van der Waals surface area contributed by atoms with Gasteiger partial charge in [-0.2, -0.15) is 0 Å². The van der Waals surface area contributed by atoms with Gasteiger partial charge >= 0.3 is 5.97 Å². The Kier molecular flexibility index (Phi) is 1.66. The maximum absolute atomic E-state index is 10.4. The van der Waals surface area contributed by atoms with E-state index in [4.69, 9.17) is 15.9 Å². The molecule has 0 aliphatic heterocycles. The zero-order chi connectivity index (χ0) is 7.78. The van der Waals surface area contributed by atoms with Crippen molar-refractivity contribution in [3.8, 4) is 0 Å². The summed E-state index contributed by atoms with van der Waals surface area (Å²) in [7, 11) is 0. The molecule has 4 heteroatoms. The van der Waals surface area contributed by atoms with Gasteiger partial charge in [0.25, 0.3) is 0 Å². The molecule has 1 rings (SSSR count). The molecular formula is C6H11NO3. The summed E-state index contributed by atoms with van der Waals surface area (Å²) in [5.74, 6) is -1.10. The van der Waals surface area contributed by atoms with Crippen LogP contribution >= 0.6 is 0 Å². The molecule has 0 saturated heterocycles. The number of nitrogens with two attached hydrogens (primary N) is 1. The van der Waals surface area contributed by atoms with Gasteiger partial charge in [0.05, 0.1) is 6.10 Å². The Labute approximate surface area is 58.6 Å². The highest BCUT2D eigenvalue weighted by Crippen LogP contribution is 2.27. The summed E-state index contributed by atoms with van der Waals surface area (Å²) in [5, 5.41) is 17.7. The average Bonchev–Trinajstić information content (AvgIpc) is 2.15. The molecule has 0 bridgehead atoms. The van der Waals surface area contributed by atoms with E-state index in [2.05, 4.69) is 0 Å². The summed E-state index contributed by atoms with van der Waals surface area (Å²) in [6.07, 6.45) is 0.709. The van der Waals surface area contributed by atoms with Gasteiger partial charge in [0.1, 0.15) is 5.54 Å². The lowest BCUT2D eigenvalue weighted by atomic mass is 9.97. The number of carbonyl (C=O) groups is 1. The lowest BCUT2D eigenvalue weighted by Gasteiger charge is -2.21. The summed E-state index contributed by atoms with van der Waals surface area (Å²) in [5.41, 5.74) is 4.02. The molecule has 0 aromatic rings. The molecule has 1 aliphatic rings. The van der Waals surface area contributed by atoms with Gasteiger partial charge in [-0.25, -0.2) is 0 Å². The minimum atomic E-state index is -1.38. The highest BCUT2D eigenvalue weighted by Gasteiger charge is 2.45. The van der Waals surface area contributed by atoms with E-state index in [0.717, 1.165) is 0 Å². The van der Waals surface area contributed by atoms with Gasteiger partial charge in [-0.3, -0.25) is 4.79 Å². The first-order valence-corrected chi connectivity index (χ1v) is 3.28. The number of carboxylic acid groups (broad SMARTS) is 1. The monoisotopic (exact) mass is 145 g/mol. The molecule has 1 aliphatic carbocycles. The van der Waals surface area contributed by atoms with Crippen molar-refractivity contribution in [3.05, 3.63) is 0 Å². The predicted molar refractivity (Wildman–Crippen MR) is 34.4 cm³/mol. The van der Waals surface area contributed by atoms with Crippen molar-refractivity contribution in [3.63, 3.8) is 0 Å². The SMILES string of the molecule is N[C@]1(C(=O)O)CCCC1O. The van der Waals surface area contributed by atoms with Crippen molar-refractivity contribution in [2.24, 2.45) is 5.73 Å². The van der Waals surface area contributed by atoms with Crippen LogP contribution in [0.3, 0.4) is 0 Å². The first kappa shape index (κ1) is 7.50. The van der Waals surface area contributed by atoms with Crippen LogP contribution in [0.5, 0.6) is 0 Å². The third-order valence-corrected chi connectivity index (χ3v) is 2.06. The van der Waals surface area contributed by atoms with Crippen LogP contribution in [0.2, 0.25) is 0 Å². The van der Waals surface area contributed by atoms with Crippen LogP contribution in [-0.2, 0) is 4.79 Å². The Morgan fingerprint density at radius 2 is 2.30 bits per heavy atom. The molecule has 10 heavy (non-hydrogen) atoms. The fourth-order valence-electron chi connectivity index (χ4n) is 1.26. The lowest BCUT2D eigenvalue weighted by Crippen LogP contribution is -2.53. The third kappa shape index (κ3) is 0.892. The molecule has 1 saturated carbocycles. The molecule has 1 unspecified atom stereocenters. The Balaban J connectivity index is 2.75. The van der Waals surface area contributed by atoms with E-state index in [0.29, 0.717) is 19.3 Å². The minimum absolute atomic E-state index is 0.378. The maximum atomic E-state index is 10.4. The van der Waals surface area contributed by atoms with Gasteiger partial charge in [-0.1, -0.05) is 0 Å². The topological polar surface area (TPSA) is 83.6 Å². The summed E-state index contributed by atoms with van der Waals surface area (Å²) in [6, 6.07) is 0. The molecule has 0 spiro atoms. The first-order valence-electron chi connectivity index (χ1n) is 3.28. The van der Waals surface area contributed by atoms with Gasteiger partial charge in [-0.15, -0.1) is 0 Å². The number of carboxylic acids is 1. The second-order valence-corrected chi connectivity index (χ2v) is 2.75. The van der Waals surface area contributed by atoms with Gasteiger partial charge in [0.15, 0.2) is 0 Å². The molecule has 0 amide bonds. The summed E-state index contributed by atoms with van der Waals surface area (Å²) in [6.45, 7) is 0. The molecule has 58 valence electrons. The van der Waals surface area contributed by atoms with Crippen molar-refractivity contribution in [1.82, 2.24) is 0 Å². The molecule has 0 aromatic carbocycles. The molecule has 4 nitrogen and oxygen atoms in total. The second kappa shape index (κ2) is 2.21. The zero-order valence-corrected chi connectivity index (χ0v) is 5.58. The molecule has 2 atom stereocenters. The van der Waals surface area contributed by atoms with E-state index in [1.807, 2.05) is 0 Å². The van der Waals surface area contributed by atoms with Crippen LogP contribution in [0, 0.1) is 0 Å². The Bertz CT molecular complexity index is 159. The van der Waals surface area contributed by atoms with Crippen molar-refractivity contribution >= 4 is 5.97 Å². The maximum Gasteiger partial charge on any atom is 0.326 e. The number of aliphatic carboxylic acids is 1. The molecule has 0 aromatic heterocycles. The predicted octanol–water partition coefficient (Wildman–Crippen LogP) is -0.687. The van der Waals surface area contributed by atoms with Crippen molar-refractivity contribution < 1.29 is 15.0 Å². The van der Waals surface area contributed by atoms with E-state index < -0.39 is 17.6 Å². The van der Waals surface area contributed by atoms with Crippen LogP contribution in [-0.4, -0.2) is 27.8 Å². The smallest absolute Gasteiger partial charge is 0.326 e. The molecule has 0 radical (unpaired) electrons. The number of rotatable bonds is 1. The van der Waals surface area contributed by atoms with Gasteiger partial charge in [0.2, 0.25) is 0 Å². The van der Waals surface area contributed by atoms with E-state index >= 15 is 0 Å². The Hall–Kier alpha value is -0.610. The van der Waals surface area contributed by atoms with Gasteiger partial charge in [-0.05, 0) is 19.3 Å². The van der Waals surface area contributed by atoms with Crippen molar-refractivity contribution in [2.45, 2.75) is 30.9 Å². The van der Waals surface area contributed by atoms with Crippen molar-refractivity contribution in [1.29, 1.82) is 0 Å². The second-order valence-electron chi connectivity index (χ2n) is 2.75. The van der Waals surface area contributed by atoms with E-state index in [-0.39, 0.29) is 0 Å². The molecule has 1 fully saturated rings. The van der Waals surface area contributed by atoms with Crippen LogP contribution < -0.4 is 5.73 Å². The zero-order valence-electron chi connectivity index (χ0n) is 5.58. The molecular weight excluding hydrogens is 134 g/mol. The number of aliphatic hydroxyl groups is 1. The van der Waals surface area contributed by atoms with E-state index in [1.54, 1.807) is 0 Å². The Morgan fingerprint density at radius 1 is 1.70 bits per heavy atom. The Morgan fingerprint density at radius 3 is 2.50 bits per heavy atom. The largest absolute Gasteiger partial charge is 0.480 e. The van der Waals surface area contributed by atoms with Crippen LogP contribution in [0.25, 0.3) is 0 Å².